The van der Waals surface area contributed by atoms with Crippen LogP contribution in [0.5, 0.6) is 5.75 Å². The van der Waals surface area contributed by atoms with Crippen molar-refractivity contribution in [2.75, 3.05) is 7.11 Å². The Morgan fingerprint density at radius 2 is 1.93 bits per heavy atom. The van der Waals surface area contributed by atoms with Crippen LogP contribution in [0.1, 0.15) is 16.5 Å². The molecule has 0 bridgehead atoms. The zero-order valence-electron chi connectivity index (χ0n) is 8.23. The first-order chi connectivity index (χ1) is 6.86. The summed E-state index contributed by atoms with van der Waals surface area (Å²) in [7, 11) is 1.31. The smallest absolute Gasteiger partial charge is 0.409 e. The number of hydrogen-bond acceptors (Lipinski definition) is 1. The average molecular weight is 239 g/mol. The van der Waals surface area contributed by atoms with E-state index < -0.39 is 11.6 Å². The van der Waals surface area contributed by atoms with Crippen LogP contribution in [0.25, 0.3) is 0 Å². The van der Waals surface area contributed by atoms with Gasteiger partial charge in [0.25, 0.3) is 0 Å². The van der Waals surface area contributed by atoms with Gasteiger partial charge in [0.15, 0.2) is 5.38 Å². The Bertz CT molecular complexity index is 349. The molecule has 1 unspecified atom stereocenters. The Morgan fingerprint density at radius 1 is 1.33 bits per heavy atom. The number of aryl methyl sites for hydroxylation is 1. The van der Waals surface area contributed by atoms with E-state index in [-0.39, 0.29) is 11.3 Å². The zero-order chi connectivity index (χ0) is 11.6. The van der Waals surface area contributed by atoms with E-state index in [2.05, 4.69) is 0 Å². The number of ether oxygens (including phenoxy) is 1. The third kappa shape index (κ3) is 2.78. The predicted molar refractivity (Wildman–Crippen MR) is 52.4 cm³/mol. The van der Waals surface area contributed by atoms with Crippen LogP contribution in [0.2, 0.25) is 0 Å². The fourth-order valence-corrected chi connectivity index (χ4v) is 1.40. The van der Waals surface area contributed by atoms with Crippen molar-refractivity contribution < 1.29 is 17.9 Å². The van der Waals surface area contributed by atoms with Crippen molar-refractivity contribution in [3.05, 3.63) is 29.3 Å². The van der Waals surface area contributed by atoms with Gasteiger partial charge in [-0.25, -0.2) is 0 Å². The highest BCUT2D eigenvalue weighted by atomic mass is 35.5. The van der Waals surface area contributed by atoms with E-state index in [9.17, 15) is 13.2 Å². The lowest BCUT2D eigenvalue weighted by atomic mass is 10.1. The molecule has 0 aromatic heterocycles. The molecule has 0 radical (unpaired) electrons. The molecule has 0 amide bonds. The van der Waals surface area contributed by atoms with Crippen molar-refractivity contribution in [1.82, 2.24) is 0 Å². The standard InChI is InChI=1S/C10H10ClF3O/c1-6-3-4-8(15-2)7(5-6)9(11)10(12,13)14/h3-5,9H,1-2H3. The van der Waals surface area contributed by atoms with Crippen LogP contribution in [-0.4, -0.2) is 13.3 Å². The summed E-state index contributed by atoms with van der Waals surface area (Å²) in [5.74, 6) is 0.151. The lowest BCUT2D eigenvalue weighted by Crippen LogP contribution is -2.16. The first kappa shape index (κ1) is 12.2. The molecule has 0 aliphatic carbocycles. The van der Waals surface area contributed by atoms with Gasteiger partial charge < -0.3 is 4.74 Å². The van der Waals surface area contributed by atoms with Gasteiger partial charge in [0.05, 0.1) is 7.11 Å². The van der Waals surface area contributed by atoms with Crippen molar-refractivity contribution in [3.63, 3.8) is 0 Å². The molecule has 15 heavy (non-hydrogen) atoms. The Hall–Kier alpha value is -0.900. The molecule has 0 aliphatic heterocycles. The number of alkyl halides is 4. The second kappa shape index (κ2) is 4.31. The van der Waals surface area contributed by atoms with Gasteiger partial charge in [-0.05, 0) is 13.0 Å². The third-order valence-electron chi connectivity index (χ3n) is 1.95. The molecule has 0 saturated heterocycles. The monoisotopic (exact) mass is 238 g/mol. The lowest BCUT2D eigenvalue weighted by Gasteiger charge is -2.17. The number of halogens is 4. The quantitative estimate of drug-likeness (QED) is 0.711. The van der Waals surface area contributed by atoms with Gasteiger partial charge in [0.1, 0.15) is 5.75 Å². The first-order valence-electron chi connectivity index (χ1n) is 4.21. The summed E-state index contributed by atoms with van der Waals surface area (Å²) in [5.41, 5.74) is 0.660. The highest BCUT2D eigenvalue weighted by Crippen LogP contribution is 2.42. The van der Waals surface area contributed by atoms with Crippen molar-refractivity contribution in [1.29, 1.82) is 0 Å². The van der Waals surface area contributed by atoms with Gasteiger partial charge in [-0.1, -0.05) is 17.7 Å². The largest absolute Gasteiger partial charge is 0.496 e. The van der Waals surface area contributed by atoms with Crippen molar-refractivity contribution in [2.45, 2.75) is 18.5 Å². The predicted octanol–water partition coefficient (Wildman–Crippen LogP) is 3.85. The summed E-state index contributed by atoms with van der Waals surface area (Å²) in [6.45, 7) is 1.70. The van der Waals surface area contributed by atoms with E-state index in [0.717, 1.165) is 0 Å². The second-order valence-corrected chi connectivity index (χ2v) is 3.59. The minimum Gasteiger partial charge on any atom is -0.496 e. The Labute approximate surface area is 90.8 Å². The molecule has 5 heteroatoms. The maximum Gasteiger partial charge on any atom is 0.409 e. The molecule has 84 valence electrons. The fraction of sp³-hybridized carbons (Fsp3) is 0.400. The summed E-state index contributed by atoms with van der Waals surface area (Å²) in [4.78, 5) is 0. The third-order valence-corrected chi connectivity index (χ3v) is 2.43. The minimum absolute atomic E-state index is 0.0494. The van der Waals surface area contributed by atoms with Gasteiger partial charge in [-0.2, -0.15) is 13.2 Å². The average Bonchev–Trinajstić information content (AvgIpc) is 2.15. The molecule has 1 rings (SSSR count). The van der Waals surface area contributed by atoms with E-state index in [1.165, 1.54) is 19.2 Å². The van der Waals surface area contributed by atoms with Crippen LogP contribution in [0.3, 0.4) is 0 Å². The van der Waals surface area contributed by atoms with Crippen molar-refractivity contribution in [2.24, 2.45) is 0 Å². The molecule has 0 aliphatic rings. The van der Waals surface area contributed by atoms with E-state index in [0.29, 0.717) is 5.56 Å². The van der Waals surface area contributed by atoms with Crippen LogP contribution >= 0.6 is 11.6 Å². The second-order valence-electron chi connectivity index (χ2n) is 3.15. The van der Waals surface area contributed by atoms with Gasteiger partial charge in [-0.15, -0.1) is 11.6 Å². The van der Waals surface area contributed by atoms with E-state index >= 15 is 0 Å². The van der Waals surface area contributed by atoms with Crippen molar-refractivity contribution in [3.8, 4) is 5.75 Å². The maximum atomic E-state index is 12.4. The topological polar surface area (TPSA) is 9.23 Å². The maximum absolute atomic E-state index is 12.4. The lowest BCUT2D eigenvalue weighted by molar-refractivity contribution is -0.132. The fourth-order valence-electron chi connectivity index (χ4n) is 1.23. The van der Waals surface area contributed by atoms with E-state index in [4.69, 9.17) is 16.3 Å². The molecular formula is C10H10ClF3O. The van der Waals surface area contributed by atoms with Crippen LogP contribution in [0, 0.1) is 6.92 Å². The molecule has 1 nitrogen and oxygen atoms in total. The zero-order valence-corrected chi connectivity index (χ0v) is 8.99. The van der Waals surface area contributed by atoms with Gasteiger partial charge >= 0.3 is 6.18 Å². The summed E-state index contributed by atoms with van der Waals surface area (Å²) in [6, 6.07) is 4.53. The Morgan fingerprint density at radius 3 is 2.40 bits per heavy atom. The highest BCUT2D eigenvalue weighted by molar-refractivity contribution is 6.21. The number of benzene rings is 1. The molecule has 1 atom stereocenters. The minimum atomic E-state index is -4.47. The highest BCUT2D eigenvalue weighted by Gasteiger charge is 2.40. The summed E-state index contributed by atoms with van der Waals surface area (Å²) < 4.78 is 42.0. The SMILES string of the molecule is COc1ccc(C)cc1C(Cl)C(F)(F)F. The Kier molecular flexibility index (Phi) is 3.50. The molecule has 0 saturated carbocycles. The Balaban J connectivity index is 3.17. The van der Waals surface area contributed by atoms with E-state index in [1.54, 1.807) is 13.0 Å². The number of rotatable bonds is 2. The molecular weight excluding hydrogens is 229 g/mol. The summed E-state index contributed by atoms with van der Waals surface area (Å²) in [5, 5.41) is -2.03. The first-order valence-corrected chi connectivity index (χ1v) is 4.65. The van der Waals surface area contributed by atoms with Crippen molar-refractivity contribution >= 4 is 11.6 Å². The summed E-state index contributed by atoms with van der Waals surface area (Å²) >= 11 is 5.33. The number of methoxy groups -OCH3 is 1. The van der Waals surface area contributed by atoms with Gasteiger partial charge in [-0.3, -0.25) is 0 Å². The molecule has 0 spiro atoms. The van der Waals surface area contributed by atoms with Crippen LogP contribution in [0.15, 0.2) is 18.2 Å². The van der Waals surface area contributed by atoms with Crippen LogP contribution in [-0.2, 0) is 0 Å². The van der Waals surface area contributed by atoms with E-state index in [1.807, 2.05) is 0 Å². The molecule has 0 fully saturated rings. The van der Waals surface area contributed by atoms with Crippen LogP contribution in [0.4, 0.5) is 13.2 Å². The number of hydrogen-bond donors (Lipinski definition) is 0. The molecule has 1 aromatic carbocycles. The molecule has 0 heterocycles. The summed E-state index contributed by atoms with van der Waals surface area (Å²) in [6.07, 6.45) is -4.47. The molecule has 0 N–H and O–H groups in total. The normalized spacial score (nSPS) is 13.7. The van der Waals surface area contributed by atoms with Gasteiger partial charge in [0.2, 0.25) is 0 Å². The van der Waals surface area contributed by atoms with Crippen LogP contribution < -0.4 is 4.74 Å². The van der Waals surface area contributed by atoms with Gasteiger partial charge in [0, 0.05) is 5.56 Å². The molecule has 1 aromatic rings.